The summed E-state index contributed by atoms with van der Waals surface area (Å²) in [7, 11) is 0. The van der Waals surface area contributed by atoms with Crippen LogP contribution in [0.4, 0.5) is 0 Å². The maximum Gasteiger partial charge on any atom is 0.330 e. The molecule has 1 saturated heterocycles. The van der Waals surface area contributed by atoms with Crippen molar-refractivity contribution in [3.8, 4) is 17.2 Å². The van der Waals surface area contributed by atoms with E-state index in [1.165, 1.54) is 18.6 Å². The van der Waals surface area contributed by atoms with Gasteiger partial charge in [0.05, 0.1) is 11.2 Å². The van der Waals surface area contributed by atoms with Gasteiger partial charge in [0.1, 0.15) is 28.4 Å². The standard InChI is InChI=1S/C38H44O8/c1-20(2)10-9-15-36(8)16-14-24-29(39)28-30(40)26-18-23-19-27-35(6,7)46-37(33(23)41,17-13-22(5)34(42)43)38(26,27)45-32(28)25(31(24)44-36)12-11-21(3)4/h10-11,13-14,16,18,23,27,39H,9,12,15,17,19H2,1-8H3,(H,42,43)/b22-13+/t23-,27?,36+,37?,38-/m1/s1. The number of carbonyl (C=O) groups excluding carboxylic acids is 2. The van der Waals surface area contributed by atoms with E-state index in [4.69, 9.17) is 14.2 Å². The lowest BCUT2D eigenvalue weighted by molar-refractivity contribution is -0.171. The van der Waals surface area contributed by atoms with Crippen molar-refractivity contribution in [3.63, 3.8) is 0 Å². The number of benzene rings is 1. The van der Waals surface area contributed by atoms with Gasteiger partial charge in [-0.15, -0.1) is 0 Å². The predicted octanol–water partition coefficient (Wildman–Crippen LogP) is 7.24. The Morgan fingerprint density at radius 1 is 1.00 bits per heavy atom. The van der Waals surface area contributed by atoms with Gasteiger partial charge in [-0.2, -0.15) is 0 Å². The van der Waals surface area contributed by atoms with Crippen LogP contribution in [0.1, 0.15) is 103 Å². The third-order valence-electron chi connectivity index (χ3n) is 10.5. The summed E-state index contributed by atoms with van der Waals surface area (Å²) in [6.45, 7) is 15.4. The number of carboxylic acids is 1. The number of phenolic OH excluding ortho intramolecular Hbond substituents is 1. The molecule has 3 heterocycles. The van der Waals surface area contributed by atoms with Crippen LogP contribution in [0.5, 0.6) is 17.2 Å². The molecule has 244 valence electrons. The second kappa shape index (κ2) is 10.6. The number of fused-ring (bicyclic) bond motifs is 2. The van der Waals surface area contributed by atoms with Crippen LogP contribution >= 0.6 is 0 Å². The largest absolute Gasteiger partial charge is 0.506 e. The maximum atomic E-state index is 14.7. The first-order valence-electron chi connectivity index (χ1n) is 16.2. The number of aromatic hydroxyl groups is 1. The quantitative estimate of drug-likeness (QED) is 0.228. The second-order valence-corrected chi connectivity index (χ2v) is 14.8. The van der Waals surface area contributed by atoms with Crippen LogP contribution < -0.4 is 9.47 Å². The molecule has 46 heavy (non-hydrogen) atoms. The average Bonchev–Trinajstić information content (AvgIpc) is 3.12. The Bertz CT molecular complexity index is 1730. The molecule has 2 unspecified atom stereocenters. The molecule has 0 aromatic heterocycles. The number of carboxylic acid groups (broad SMARTS) is 1. The number of rotatable bonds is 8. The molecule has 5 atom stereocenters. The zero-order valence-corrected chi connectivity index (χ0v) is 28.0. The van der Waals surface area contributed by atoms with Crippen LogP contribution in [0.15, 0.2) is 52.7 Å². The molecule has 0 amide bonds. The van der Waals surface area contributed by atoms with Gasteiger partial charge in [-0.1, -0.05) is 35.5 Å². The van der Waals surface area contributed by atoms with Gasteiger partial charge < -0.3 is 24.4 Å². The molecule has 2 fully saturated rings. The van der Waals surface area contributed by atoms with Gasteiger partial charge in [-0.3, -0.25) is 9.59 Å². The van der Waals surface area contributed by atoms with Crippen molar-refractivity contribution in [2.45, 2.75) is 110 Å². The number of allylic oxidation sites excluding steroid dienone is 5. The Morgan fingerprint density at radius 2 is 1.70 bits per heavy atom. The highest BCUT2D eigenvalue weighted by Crippen LogP contribution is 2.68. The van der Waals surface area contributed by atoms with E-state index in [0.29, 0.717) is 41.7 Å². The van der Waals surface area contributed by atoms with Crippen LogP contribution in [-0.2, 0) is 20.7 Å². The van der Waals surface area contributed by atoms with Gasteiger partial charge in [0, 0.05) is 35.0 Å². The summed E-state index contributed by atoms with van der Waals surface area (Å²) >= 11 is 0. The summed E-state index contributed by atoms with van der Waals surface area (Å²) in [4.78, 5) is 40.8. The van der Waals surface area contributed by atoms with E-state index >= 15 is 0 Å². The molecule has 1 saturated carbocycles. The van der Waals surface area contributed by atoms with Crippen LogP contribution in [0.2, 0.25) is 0 Å². The van der Waals surface area contributed by atoms with E-state index in [0.717, 1.165) is 12.0 Å². The number of hydrogen-bond acceptors (Lipinski definition) is 7. The SMILES string of the molecule is CC(C)=CCC[C@@]1(C)C=Cc2c(O)c3c(c(CC=C(C)C)c2O1)O[C@]12C(=C[C@@H]4CC1C(C)(C)OC2(C/C=C(\C)C(=O)O)C4=O)C3=O. The monoisotopic (exact) mass is 628 g/mol. The summed E-state index contributed by atoms with van der Waals surface area (Å²) in [5, 5.41) is 21.4. The molecule has 1 aromatic rings. The van der Waals surface area contributed by atoms with E-state index in [1.54, 1.807) is 6.08 Å². The number of Topliss-reactive ketones (excluding diaryl/α,β-unsaturated/α-hetero) is 2. The Labute approximate surface area is 270 Å². The zero-order chi connectivity index (χ0) is 33.6. The Kier molecular flexibility index (Phi) is 7.36. The minimum atomic E-state index is -1.63. The maximum absolute atomic E-state index is 14.7. The summed E-state index contributed by atoms with van der Waals surface area (Å²) in [5.41, 5.74) is -0.952. The average molecular weight is 629 g/mol. The Balaban J connectivity index is 1.59. The normalized spacial score (nSPS) is 31.2. The fourth-order valence-corrected chi connectivity index (χ4v) is 8.17. The highest BCUT2D eigenvalue weighted by molar-refractivity contribution is 6.19. The molecule has 3 aliphatic carbocycles. The lowest BCUT2D eigenvalue weighted by Gasteiger charge is -2.56. The number of ketones is 2. The van der Waals surface area contributed by atoms with Gasteiger partial charge in [-0.05, 0) is 93.2 Å². The molecule has 1 spiro atoms. The van der Waals surface area contributed by atoms with Gasteiger partial charge in [0.25, 0.3) is 0 Å². The van der Waals surface area contributed by atoms with Crippen molar-refractivity contribution in [2.24, 2.45) is 11.8 Å². The lowest BCUT2D eigenvalue weighted by atomic mass is 9.51. The smallest absolute Gasteiger partial charge is 0.330 e. The van der Waals surface area contributed by atoms with E-state index in [2.05, 4.69) is 19.9 Å². The van der Waals surface area contributed by atoms with E-state index < -0.39 is 40.1 Å². The molecule has 0 radical (unpaired) electrons. The van der Waals surface area contributed by atoms with Crippen LogP contribution in [-0.4, -0.2) is 50.2 Å². The van der Waals surface area contributed by atoms with E-state index in [1.807, 2.05) is 52.8 Å². The fourth-order valence-electron chi connectivity index (χ4n) is 8.17. The molecular formula is C38H44O8. The summed E-state index contributed by atoms with van der Waals surface area (Å²) < 4.78 is 20.6. The van der Waals surface area contributed by atoms with E-state index in [-0.39, 0.29) is 40.8 Å². The summed E-state index contributed by atoms with van der Waals surface area (Å²) in [5.74, 6) is -2.28. The van der Waals surface area contributed by atoms with Crippen molar-refractivity contribution in [2.75, 3.05) is 0 Å². The fraction of sp³-hybridized carbons (Fsp3) is 0.500. The number of aliphatic carboxylic acids is 1. The summed E-state index contributed by atoms with van der Waals surface area (Å²) in [6, 6.07) is 0. The Hall–Kier alpha value is -3.91. The minimum Gasteiger partial charge on any atom is -0.506 e. The molecule has 8 heteroatoms. The first-order chi connectivity index (χ1) is 21.5. The number of carbonyl (C=O) groups is 3. The molecule has 3 aliphatic heterocycles. The molecule has 1 aromatic carbocycles. The molecule has 6 aliphatic rings. The first-order valence-corrected chi connectivity index (χ1v) is 16.2. The van der Waals surface area contributed by atoms with Gasteiger partial charge >= 0.3 is 5.97 Å². The summed E-state index contributed by atoms with van der Waals surface area (Å²) in [6.07, 6.45) is 13.4. The lowest BCUT2D eigenvalue weighted by Crippen LogP contribution is -2.72. The zero-order valence-electron chi connectivity index (χ0n) is 28.0. The second-order valence-electron chi connectivity index (χ2n) is 14.8. The number of phenols is 1. The molecule has 4 bridgehead atoms. The number of hydrogen-bond donors (Lipinski definition) is 2. The van der Waals surface area contributed by atoms with Crippen LogP contribution in [0.3, 0.4) is 0 Å². The van der Waals surface area contributed by atoms with E-state index in [9.17, 15) is 24.6 Å². The first kappa shape index (κ1) is 32.0. The van der Waals surface area contributed by atoms with Gasteiger partial charge in [-0.25, -0.2) is 4.79 Å². The minimum absolute atomic E-state index is 0.0544. The molecular weight excluding hydrogens is 584 g/mol. The van der Waals surface area contributed by atoms with Gasteiger partial charge in [0.15, 0.2) is 22.8 Å². The third-order valence-corrected chi connectivity index (χ3v) is 10.5. The van der Waals surface area contributed by atoms with Crippen molar-refractivity contribution < 1.29 is 38.8 Å². The van der Waals surface area contributed by atoms with Crippen LogP contribution in [0, 0.1) is 11.8 Å². The molecule has 8 nitrogen and oxygen atoms in total. The van der Waals surface area contributed by atoms with Crippen molar-refractivity contribution in [1.29, 1.82) is 0 Å². The molecule has 2 N–H and O–H groups in total. The highest BCUT2D eigenvalue weighted by Gasteiger charge is 2.81. The van der Waals surface area contributed by atoms with Crippen molar-refractivity contribution in [3.05, 3.63) is 69.4 Å². The molecule has 7 rings (SSSR count). The van der Waals surface area contributed by atoms with Crippen molar-refractivity contribution in [1.82, 2.24) is 0 Å². The number of ether oxygens (including phenoxy) is 3. The Morgan fingerprint density at radius 3 is 2.35 bits per heavy atom. The van der Waals surface area contributed by atoms with Gasteiger partial charge in [0.2, 0.25) is 0 Å². The highest BCUT2D eigenvalue weighted by atomic mass is 16.6. The predicted molar refractivity (Wildman–Crippen MR) is 174 cm³/mol. The third kappa shape index (κ3) is 4.47. The van der Waals surface area contributed by atoms with Crippen molar-refractivity contribution >= 4 is 23.6 Å². The van der Waals surface area contributed by atoms with Crippen LogP contribution in [0.25, 0.3) is 6.08 Å². The topological polar surface area (TPSA) is 119 Å².